The Bertz CT molecular complexity index is 790. The number of carbonyl (C=O) groups is 1. The highest BCUT2D eigenvalue weighted by atomic mass is 35.5. The molecule has 1 fully saturated rings. The standard InChI is InChI=1S/C16H15ClN4OS/c1-11-12(15(22)20-16(9-18)6-7-23-10-16)8-19-21(11)14-5-3-2-4-13(14)17/h2-5,8H,6-7,10H2,1H3,(H,20,22)/t16-/m0/s1. The molecule has 0 spiro atoms. The molecule has 3 rings (SSSR count). The van der Waals surface area contributed by atoms with Crippen LogP contribution in [0, 0.1) is 18.3 Å². The molecule has 1 atom stereocenters. The summed E-state index contributed by atoms with van der Waals surface area (Å²) < 4.78 is 1.64. The second-order valence-corrected chi connectivity index (χ2v) is 6.97. The molecule has 1 aromatic carbocycles. The zero-order valence-corrected chi connectivity index (χ0v) is 14.1. The van der Waals surface area contributed by atoms with Crippen molar-refractivity contribution in [1.82, 2.24) is 15.1 Å². The highest BCUT2D eigenvalue weighted by Gasteiger charge is 2.36. The molecule has 1 N–H and O–H groups in total. The van der Waals surface area contributed by atoms with Gasteiger partial charge in [0, 0.05) is 5.75 Å². The van der Waals surface area contributed by atoms with Crippen molar-refractivity contribution in [2.45, 2.75) is 18.9 Å². The zero-order valence-electron chi connectivity index (χ0n) is 12.5. The van der Waals surface area contributed by atoms with Crippen LogP contribution in [-0.2, 0) is 0 Å². The normalized spacial score (nSPS) is 20.2. The molecule has 2 aromatic rings. The van der Waals surface area contributed by atoms with Gasteiger partial charge in [0.25, 0.3) is 5.91 Å². The van der Waals surface area contributed by atoms with Crippen molar-refractivity contribution in [1.29, 1.82) is 5.26 Å². The first-order valence-electron chi connectivity index (χ1n) is 7.17. The maximum atomic E-state index is 12.6. The van der Waals surface area contributed by atoms with Crippen LogP contribution in [0.15, 0.2) is 30.5 Å². The van der Waals surface area contributed by atoms with Gasteiger partial charge in [-0.15, -0.1) is 0 Å². The predicted octanol–water partition coefficient (Wildman–Crippen LogP) is 2.96. The Morgan fingerprint density at radius 1 is 1.52 bits per heavy atom. The third-order valence-corrected chi connectivity index (χ3v) is 5.43. The van der Waals surface area contributed by atoms with Crippen LogP contribution in [0.1, 0.15) is 22.5 Å². The number of rotatable bonds is 3. The van der Waals surface area contributed by atoms with Gasteiger partial charge < -0.3 is 5.32 Å². The number of nitriles is 1. The molecule has 2 heterocycles. The van der Waals surface area contributed by atoms with Crippen LogP contribution in [0.4, 0.5) is 0 Å². The highest BCUT2D eigenvalue weighted by Crippen LogP contribution is 2.28. The lowest BCUT2D eigenvalue weighted by Crippen LogP contribution is -2.47. The number of nitrogens with one attached hydrogen (secondary N) is 1. The molecular formula is C16H15ClN4OS. The van der Waals surface area contributed by atoms with Gasteiger partial charge in [0.15, 0.2) is 0 Å². The van der Waals surface area contributed by atoms with Crippen molar-refractivity contribution >= 4 is 29.3 Å². The van der Waals surface area contributed by atoms with Crippen molar-refractivity contribution in [2.24, 2.45) is 0 Å². The summed E-state index contributed by atoms with van der Waals surface area (Å²) in [5.41, 5.74) is 1.09. The van der Waals surface area contributed by atoms with Gasteiger partial charge in [-0.2, -0.15) is 22.1 Å². The fourth-order valence-electron chi connectivity index (χ4n) is 2.56. The summed E-state index contributed by atoms with van der Waals surface area (Å²) in [6, 6.07) is 9.57. The highest BCUT2D eigenvalue weighted by molar-refractivity contribution is 7.99. The van der Waals surface area contributed by atoms with E-state index in [2.05, 4.69) is 16.5 Å². The van der Waals surface area contributed by atoms with E-state index in [0.29, 0.717) is 28.5 Å². The van der Waals surface area contributed by atoms with Crippen LogP contribution in [0.5, 0.6) is 0 Å². The van der Waals surface area contributed by atoms with E-state index in [1.165, 1.54) is 6.20 Å². The molecule has 1 aliphatic rings. The summed E-state index contributed by atoms with van der Waals surface area (Å²) in [4.78, 5) is 12.6. The van der Waals surface area contributed by atoms with Gasteiger partial charge in [-0.3, -0.25) is 4.79 Å². The van der Waals surface area contributed by atoms with Gasteiger partial charge in [0.1, 0.15) is 5.54 Å². The Hall–Kier alpha value is -1.97. The van der Waals surface area contributed by atoms with Gasteiger partial charge in [0.05, 0.1) is 34.2 Å². The molecule has 0 saturated carbocycles. The van der Waals surface area contributed by atoms with E-state index in [1.807, 2.05) is 25.1 Å². The molecule has 0 unspecified atom stereocenters. The molecule has 1 aliphatic heterocycles. The SMILES string of the molecule is Cc1c(C(=O)N[C@]2(C#N)CCSC2)cnn1-c1ccccc1Cl. The van der Waals surface area contributed by atoms with E-state index in [4.69, 9.17) is 11.6 Å². The van der Waals surface area contributed by atoms with Gasteiger partial charge in [-0.05, 0) is 31.2 Å². The minimum atomic E-state index is -0.777. The Kier molecular flexibility index (Phi) is 4.33. The third-order valence-electron chi connectivity index (χ3n) is 3.92. The molecule has 7 heteroatoms. The topological polar surface area (TPSA) is 70.7 Å². The quantitative estimate of drug-likeness (QED) is 0.927. The average molecular weight is 347 g/mol. The molecule has 0 bridgehead atoms. The molecule has 118 valence electrons. The van der Waals surface area contributed by atoms with Crippen LogP contribution < -0.4 is 5.32 Å². The molecular weight excluding hydrogens is 332 g/mol. The molecule has 23 heavy (non-hydrogen) atoms. The fourth-order valence-corrected chi connectivity index (χ4v) is 4.05. The first kappa shape index (κ1) is 15.9. The van der Waals surface area contributed by atoms with Crippen molar-refractivity contribution < 1.29 is 4.79 Å². The summed E-state index contributed by atoms with van der Waals surface area (Å²) in [5, 5.41) is 17.1. The van der Waals surface area contributed by atoms with Gasteiger partial charge in [-0.25, -0.2) is 4.68 Å². The number of carbonyl (C=O) groups excluding carboxylic acids is 1. The molecule has 0 radical (unpaired) electrons. The minimum Gasteiger partial charge on any atom is -0.333 e. The lowest BCUT2D eigenvalue weighted by Gasteiger charge is -2.21. The van der Waals surface area contributed by atoms with Crippen molar-refractivity contribution in [3.8, 4) is 11.8 Å². The van der Waals surface area contributed by atoms with Crippen LogP contribution in [-0.4, -0.2) is 32.7 Å². The number of para-hydroxylation sites is 1. The smallest absolute Gasteiger partial charge is 0.256 e. The van der Waals surface area contributed by atoms with Gasteiger partial charge in [-0.1, -0.05) is 23.7 Å². The Morgan fingerprint density at radius 3 is 2.96 bits per heavy atom. The van der Waals surface area contributed by atoms with Crippen LogP contribution in [0.25, 0.3) is 5.69 Å². The molecule has 1 saturated heterocycles. The van der Waals surface area contributed by atoms with E-state index in [9.17, 15) is 10.1 Å². The lowest BCUT2D eigenvalue weighted by molar-refractivity contribution is 0.0925. The molecule has 1 aromatic heterocycles. The Balaban J connectivity index is 1.89. The lowest BCUT2D eigenvalue weighted by atomic mass is 10.0. The maximum Gasteiger partial charge on any atom is 0.256 e. The molecule has 5 nitrogen and oxygen atoms in total. The van der Waals surface area contributed by atoms with E-state index in [-0.39, 0.29) is 5.91 Å². The second kappa shape index (κ2) is 6.26. The first-order chi connectivity index (χ1) is 11.1. The number of hydrogen-bond acceptors (Lipinski definition) is 4. The molecule has 1 amide bonds. The zero-order chi connectivity index (χ0) is 16.4. The van der Waals surface area contributed by atoms with E-state index in [1.54, 1.807) is 22.5 Å². The largest absolute Gasteiger partial charge is 0.333 e. The van der Waals surface area contributed by atoms with Crippen LogP contribution >= 0.6 is 23.4 Å². The average Bonchev–Trinajstić information content (AvgIpc) is 3.15. The van der Waals surface area contributed by atoms with Crippen LogP contribution in [0.2, 0.25) is 5.02 Å². The van der Waals surface area contributed by atoms with E-state index < -0.39 is 5.54 Å². The molecule has 0 aliphatic carbocycles. The minimum absolute atomic E-state index is 0.273. The number of hydrogen-bond donors (Lipinski definition) is 1. The maximum absolute atomic E-state index is 12.6. The van der Waals surface area contributed by atoms with Gasteiger partial charge >= 0.3 is 0 Å². The third kappa shape index (κ3) is 2.94. The predicted molar refractivity (Wildman–Crippen MR) is 91.1 cm³/mol. The van der Waals surface area contributed by atoms with E-state index >= 15 is 0 Å². The fraction of sp³-hybridized carbons (Fsp3) is 0.312. The van der Waals surface area contributed by atoms with Crippen molar-refractivity contribution in [3.05, 3.63) is 46.7 Å². The Morgan fingerprint density at radius 2 is 2.30 bits per heavy atom. The second-order valence-electron chi connectivity index (χ2n) is 5.46. The van der Waals surface area contributed by atoms with Crippen molar-refractivity contribution in [3.63, 3.8) is 0 Å². The van der Waals surface area contributed by atoms with Crippen molar-refractivity contribution in [2.75, 3.05) is 11.5 Å². The number of benzene rings is 1. The summed E-state index contributed by atoms with van der Waals surface area (Å²) in [7, 11) is 0. The number of halogens is 1. The first-order valence-corrected chi connectivity index (χ1v) is 8.71. The Labute approximate surface area is 143 Å². The summed E-state index contributed by atoms with van der Waals surface area (Å²) in [5.74, 6) is 1.23. The van der Waals surface area contributed by atoms with E-state index in [0.717, 1.165) is 11.4 Å². The van der Waals surface area contributed by atoms with Crippen LogP contribution in [0.3, 0.4) is 0 Å². The summed E-state index contributed by atoms with van der Waals surface area (Å²) in [6.45, 7) is 1.81. The number of aromatic nitrogens is 2. The summed E-state index contributed by atoms with van der Waals surface area (Å²) >= 11 is 7.87. The number of thioether (sulfide) groups is 1. The monoisotopic (exact) mass is 346 g/mol. The number of amides is 1. The number of nitrogens with zero attached hydrogens (tertiary/aromatic N) is 3. The van der Waals surface area contributed by atoms with Gasteiger partial charge in [0.2, 0.25) is 0 Å². The summed E-state index contributed by atoms with van der Waals surface area (Å²) in [6.07, 6.45) is 2.18.